The van der Waals surface area contributed by atoms with Gasteiger partial charge in [0.2, 0.25) is 0 Å². The van der Waals surface area contributed by atoms with Crippen LogP contribution in [-0.4, -0.2) is 33.9 Å². The Morgan fingerprint density at radius 3 is 2.50 bits per heavy atom. The van der Waals surface area contributed by atoms with Crippen molar-refractivity contribution in [2.24, 2.45) is 0 Å². The molecular weight excluding hydrogens is 332 g/mol. The van der Waals surface area contributed by atoms with Crippen LogP contribution in [0.3, 0.4) is 0 Å². The summed E-state index contributed by atoms with van der Waals surface area (Å²) < 4.78 is 22.2. The molecule has 0 bridgehead atoms. The number of hydrogen-bond acceptors (Lipinski definition) is 5. The van der Waals surface area contributed by atoms with Gasteiger partial charge >= 0.3 is 5.97 Å². The van der Waals surface area contributed by atoms with Gasteiger partial charge in [-0.1, -0.05) is 29.8 Å². The zero-order valence-corrected chi connectivity index (χ0v) is 15.6. The first-order valence-corrected chi connectivity index (χ1v) is 8.56. The number of ether oxygens (including phenoxy) is 4. The van der Waals surface area contributed by atoms with Crippen LogP contribution in [0.15, 0.2) is 42.5 Å². The number of carbonyl (C=O) groups excluding carboxylic acids is 1. The Hall–Kier alpha value is -2.53. The smallest absolute Gasteiger partial charge is 0.343 e. The fraction of sp³-hybridized carbons (Fsp3) is 0.381. The first-order valence-electron chi connectivity index (χ1n) is 8.56. The topological polar surface area (TPSA) is 54.0 Å². The molecule has 1 fully saturated rings. The van der Waals surface area contributed by atoms with Crippen molar-refractivity contribution in [1.29, 1.82) is 0 Å². The Labute approximate surface area is 153 Å². The highest BCUT2D eigenvalue weighted by atomic mass is 16.6. The fourth-order valence-corrected chi connectivity index (χ4v) is 3.65. The van der Waals surface area contributed by atoms with Crippen LogP contribution in [0.2, 0.25) is 0 Å². The second-order valence-electron chi connectivity index (χ2n) is 6.48. The minimum absolute atomic E-state index is 0.00969. The van der Waals surface area contributed by atoms with Gasteiger partial charge in [-0.15, -0.1) is 0 Å². The van der Waals surface area contributed by atoms with Crippen LogP contribution in [0.25, 0.3) is 0 Å². The summed E-state index contributed by atoms with van der Waals surface area (Å²) in [5.74, 6) is 0.994. The third-order valence-corrected chi connectivity index (χ3v) is 4.95. The van der Waals surface area contributed by atoms with E-state index in [9.17, 15) is 4.79 Å². The highest BCUT2D eigenvalue weighted by molar-refractivity contribution is 5.83. The highest BCUT2D eigenvalue weighted by Gasteiger charge is 2.51. The summed E-state index contributed by atoms with van der Waals surface area (Å²) in [6, 6.07) is 13.5. The molecule has 0 spiro atoms. The van der Waals surface area contributed by atoms with Crippen molar-refractivity contribution in [2.75, 3.05) is 27.9 Å². The van der Waals surface area contributed by atoms with E-state index in [0.717, 1.165) is 16.9 Å². The van der Waals surface area contributed by atoms with Crippen molar-refractivity contribution in [3.8, 4) is 11.5 Å². The van der Waals surface area contributed by atoms with Crippen LogP contribution < -0.4 is 9.47 Å². The number of para-hydroxylation sites is 1. The summed E-state index contributed by atoms with van der Waals surface area (Å²) in [6.07, 6.45) is 0.458. The minimum atomic E-state index is -1.20. The summed E-state index contributed by atoms with van der Waals surface area (Å²) in [5.41, 5.74) is 1.54. The van der Waals surface area contributed by atoms with Crippen molar-refractivity contribution < 1.29 is 23.7 Å². The molecule has 0 aromatic heterocycles. The van der Waals surface area contributed by atoms with E-state index in [2.05, 4.69) is 0 Å². The third kappa shape index (κ3) is 3.03. The molecule has 2 atom stereocenters. The number of esters is 1. The van der Waals surface area contributed by atoms with Crippen molar-refractivity contribution in [1.82, 2.24) is 0 Å². The molecule has 0 amide bonds. The van der Waals surface area contributed by atoms with Gasteiger partial charge in [0.25, 0.3) is 0 Å². The Kier molecular flexibility index (Phi) is 5.18. The van der Waals surface area contributed by atoms with E-state index in [1.165, 1.54) is 7.11 Å². The van der Waals surface area contributed by atoms with E-state index in [4.69, 9.17) is 18.9 Å². The van der Waals surface area contributed by atoms with Crippen LogP contribution in [0.4, 0.5) is 0 Å². The summed E-state index contributed by atoms with van der Waals surface area (Å²) >= 11 is 0. The highest BCUT2D eigenvalue weighted by Crippen LogP contribution is 2.48. The molecule has 0 unspecified atom stereocenters. The molecule has 5 nitrogen and oxygen atoms in total. The van der Waals surface area contributed by atoms with Gasteiger partial charge in [-0.05, 0) is 30.7 Å². The molecule has 3 rings (SSSR count). The maximum absolute atomic E-state index is 12.8. The Bertz CT molecular complexity index is 801. The Morgan fingerprint density at radius 1 is 1.08 bits per heavy atom. The van der Waals surface area contributed by atoms with Crippen molar-refractivity contribution in [3.05, 3.63) is 59.2 Å². The third-order valence-electron chi connectivity index (χ3n) is 4.95. The van der Waals surface area contributed by atoms with E-state index in [1.54, 1.807) is 14.2 Å². The average Bonchev–Trinajstić information content (AvgIpc) is 3.13. The largest absolute Gasteiger partial charge is 0.496 e. The van der Waals surface area contributed by atoms with Crippen molar-refractivity contribution in [3.63, 3.8) is 0 Å². The Balaban J connectivity index is 2.07. The molecule has 1 aliphatic heterocycles. The van der Waals surface area contributed by atoms with Gasteiger partial charge in [-0.25, -0.2) is 4.79 Å². The fourth-order valence-electron chi connectivity index (χ4n) is 3.65. The molecule has 1 heterocycles. The van der Waals surface area contributed by atoms with E-state index < -0.39 is 11.6 Å². The van der Waals surface area contributed by atoms with Gasteiger partial charge in [0, 0.05) is 17.9 Å². The lowest BCUT2D eigenvalue weighted by molar-refractivity contribution is -0.165. The minimum Gasteiger partial charge on any atom is -0.496 e. The number of methoxy groups -OCH3 is 3. The van der Waals surface area contributed by atoms with Gasteiger partial charge in [-0.3, -0.25) is 0 Å². The number of aryl methyl sites for hydroxylation is 1. The summed E-state index contributed by atoms with van der Waals surface area (Å²) in [4.78, 5) is 12.8. The number of hydrogen-bond donors (Lipinski definition) is 0. The van der Waals surface area contributed by atoms with E-state index in [1.807, 2.05) is 49.4 Å². The molecule has 0 N–H and O–H groups in total. The predicted octanol–water partition coefficient (Wildman–Crippen LogP) is 3.58. The lowest BCUT2D eigenvalue weighted by atomic mass is 9.83. The first-order chi connectivity index (χ1) is 12.6. The Morgan fingerprint density at radius 2 is 1.81 bits per heavy atom. The van der Waals surface area contributed by atoms with Gasteiger partial charge < -0.3 is 18.9 Å². The molecule has 1 aliphatic rings. The molecule has 0 saturated carbocycles. The van der Waals surface area contributed by atoms with E-state index in [-0.39, 0.29) is 5.92 Å². The molecule has 2 aromatic rings. The number of rotatable bonds is 5. The molecule has 138 valence electrons. The molecule has 0 radical (unpaired) electrons. The normalized spacial score (nSPS) is 22.1. The lowest BCUT2D eigenvalue weighted by Crippen LogP contribution is -2.36. The van der Waals surface area contributed by atoms with Crippen LogP contribution in [0, 0.1) is 6.92 Å². The van der Waals surface area contributed by atoms with Crippen LogP contribution in [-0.2, 0) is 19.9 Å². The molecule has 5 heteroatoms. The van der Waals surface area contributed by atoms with Crippen molar-refractivity contribution >= 4 is 5.97 Å². The van der Waals surface area contributed by atoms with E-state index in [0.29, 0.717) is 24.3 Å². The molecule has 26 heavy (non-hydrogen) atoms. The lowest BCUT2D eigenvalue weighted by Gasteiger charge is -2.28. The molecule has 1 saturated heterocycles. The molecule has 2 aromatic carbocycles. The SMILES string of the molecule is COC(=O)[C@]1(c2cc(C)ccc2OC)C[C@@H](c2ccccc2OC)CO1. The number of benzene rings is 2. The standard InChI is InChI=1S/C21H24O5/c1-14-9-10-19(24-3)17(11-14)21(20(22)25-4)12-15(13-26-21)16-7-5-6-8-18(16)23-2/h5-11,15H,12-13H2,1-4H3/t15-,21-/m1/s1. The maximum atomic E-state index is 12.8. The molecule has 0 aliphatic carbocycles. The maximum Gasteiger partial charge on any atom is 0.343 e. The quantitative estimate of drug-likeness (QED) is 0.767. The molecular formula is C21H24O5. The van der Waals surface area contributed by atoms with Gasteiger partial charge in [-0.2, -0.15) is 0 Å². The zero-order valence-electron chi connectivity index (χ0n) is 15.6. The number of carbonyl (C=O) groups is 1. The predicted molar refractivity (Wildman–Crippen MR) is 97.7 cm³/mol. The zero-order chi connectivity index (χ0) is 18.7. The second kappa shape index (κ2) is 7.38. The monoisotopic (exact) mass is 356 g/mol. The van der Waals surface area contributed by atoms with Crippen molar-refractivity contribution in [2.45, 2.75) is 24.9 Å². The summed E-state index contributed by atoms with van der Waals surface area (Å²) in [6.45, 7) is 2.37. The van der Waals surface area contributed by atoms with Gasteiger partial charge in [0.05, 0.1) is 27.9 Å². The van der Waals surface area contributed by atoms with Crippen LogP contribution in [0.1, 0.15) is 29.0 Å². The summed E-state index contributed by atoms with van der Waals surface area (Å²) in [5, 5.41) is 0. The average molecular weight is 356 g/mol. The van der Waals surface area contributed by atoms with Gasteiger partial charge in [0.15, 0.2) is 5.60 Å². The second-order valence-corrected chi connectivity index (χ2v) is 6.48. The van der Waals surface area contributed by atoms with Crippen LogP contribution >= 0.6 is 0 Å². The van der Waals surface area contributed by atoms with Gasteiger partial charge in [0.1, 0.15) is 11.5 Å². The van der Waals surface area contributed by atoms with E-state index >= 15 is 0 Å². The summed E-state index contributed by atoms with van der Waals surface area (Å²) in [7, 11) is 4.61. The first kappa shape index (κ1) is 18.3. The van der Waals surface area contributed by atoms with Crippen LogP contribution in [0.5, 0.6) is 11.5 Å².